The molecule has 1 heterocycles. The maximum Gasteiger partial charge on any atom is 0.269 e. The van der Waals surface area contributed by atoms with Crippen LogP contribution in [0.2, 0.25) is 5.02 Å². The molecular weight excluding hydrogens is 535 g/mol. The molecule has 212 valence electrons. The lowest BCUT2D eigenvalue weighted by atomic mass is 9.89. The van der Waals surface area contributed by atoms with E-state index in [1.807, 2.05) is 18.2 Å². The van der Waals surface area contributed by atoms with Gasteiger partial charge in [-0.2, -0.15) is 5.10 Å². The first-order chi connectivity index (χ1) is 19.3. The molecule has 0 atom stereocenters. The Hall–Kier alpha value is -3.66. The van der Waals surface area contributed by atoms with E-state index in [0.717, 1.165) is 25.1 Å². The van der Waals surface area contributed by atoms with Gasteiger partial charge < -0.3 is 21.3 Å². The molecule has 0 spiro atoms. The SMILES string of the molecule is NC(=O)c1nn(CC(=O)N(CC(=O)NCc2cccc(Cl)c2F)C2CC2)c2ccc(NCC3CCCCC3)cc12. The van der Waals surface area contributed by atoms with Gasteiger partial charge in [0.05, 0.1) is 17.1 Å². The second-order valence-corrected chi connectivity index (χ2v) is 11.1. The summed E-state index contributed by atoms with van der Waals surface area (Å²) in [7, 11) is 0. The number of hydrogen-bond donors (Lipinski definition) is 3. The zero-order valence-corrected chi connectivity index (χ0v) is 23.1. The number of nitrogens with one attached hydrogen (secondary N) is 2. The van der Waals surface area contributed by atoms with Crippen molar-refractivity contribution in [2.45, 2.75) is 64.1 Å². The van der Waals surface area contributed by atoms with Crippen LogP contribution in [0.15, 0.2) is 36.4 Å². The molecule has 40 heavy (non-hydrogen) atoms. The first-order valence-electron chi connectivity index (χ1n) is 13.8. The van der Waals surface area contributed by atoms with E-state index < -0.39 is 17.6 Å². The molecule has 9 nitrogen and oxygen atoms in total. The summed E-state index contributed by atoms with van der Waals surface area (Å²) in [6, 6.07) is 10.1. The molecule has 11 heteroatoms. The lowest BCUT2D eigenvalue weighted by Gasteiger charge is -2.22. The molecule has 2 aliphatic rings. The van der Waals surface area contributed by atoms with Crippen LogP contribution in [0.3, 0.4) is 0 Å². The third-order valence-corrected chi connectivity index (χ3v) is 8.01. The number of anilines is 1. The first kappa shape index (κ1) is 27.9. The van der Waals surface area contributed by atoms with Gasteiger partial charge in [0, 0.05) is 35.8 Å². The van der Waals surface area contributed by atoms with Gasteiger partial charge in [-0.1, -0.05) is 43.0 Å². The monoisotopic (exact) mass is 568 g/mol. The van der Waals surface area contributed by atoms with E-state index >= 15 is 0 Å². The van der Waals surface area contributed by atoms with Crippen molar-refractivity contribution in [1.29, 1.82) is 0 Å². The molecule has 0 aliphatic heterocycles. The Morgan fingerprint density at radius 1 is 1.10 bits per heavy atom. The minimum atomic E-state index is -0.674. The zero-order chi connectivity index (χ0) is 28.2. The Morgan fingerprint density at radius 2 is 1.88 bits per heavy atom. The van der Waals surface area contributed by atoms with Crippen molar-refractivity contribution < 1.29 is 18.8 Å². The Kier molecular flexibility index (Phi) is 8.54. The number of halogens is 2. The van der Waals surface area contributed by atoms with Gasteiger partial charge in [0.25, 0.3) is 5.91 Å². The molecule has 5 rings (SSSR count). The van der Waals surface area contributed by atoms with Gasteiger partial charge in [-0.05, 0) is 55.9 Å². The molecule has 3 aromatic rings. The van der Waals surface area contributed by atoms with Crippen LogP contribution >= 0.6 is 11.6 Å². The van der Waals surface area contributed by atoms with Gasteiger partial charge in [-0.15, -0.1) is 0 Å². The smallest absolute Gasteiger partial charge is 0.269 e. The lowest BCUT2D eigenvalue weighted by molar-refractivity contribution is -0.137. The number of aromatic nitrogens is 2. The van der Waals surface area contributed by atoms with Gasteiger partial charge >= 0.3 is 0 Å². The van der Waals surface area contributed by atoms with Crippen molar-refractivity contribution in [2.75, 3.05) is 18.4 Å². The van der Waals surface area contributed by atoms with Crippen molar-refractivity contribution in [2.24, 2.45) is 11.7 Å². The number of benzene rings is 2. The normalized spacial score (nSPS) is 15.7. The fourth-order valence-corrected chi connectivity index (χ4v) is 5.55. The third kappa shape index (κ3) is 6.55. The summed E-state index contributed by atoms with van der Waals surface area (Å²) < 4.78 is 15.6. The van der Waals surface area contributed by atoms with E-state index in [0.29, 0.717) is 16.8 Å². The van der Waals surface area contributed by atoms with Crippen molar-refractivity contribution in [1.82, 2.24) is 20.0 Å². The molecule has 1 aromatic heterocycles. The fraction of sp³-hybridized carbons (Fsp3) is 0.448. The number of carbonyl (C=O) groups excluding carboxylic acids is 3. The molecule has 2 aromatic carbocycles. The summed E-state index contributed by atoms with van der Waals surface area (Å²) >= 11 is 5.82. The quantitative estimate of drug-likeness (QED) is 0.319. The van der Waals surface area contributed by atoms with Crippen LogP contribution < -0.4 is 16.4 Å². The van der Waals surface area contributed by atoms with Crippen molar-refractivity contribution in [3.63, 3.8) is 0 Å². The van der Waals surface area contributed by atoms with Crippen LogP contribution in [0.25, 0.3) is 10.9 Å². The van der Waals surface area contributed by atoms with Crippen LogP contribution in [0.1, 0.15) is 61.0 Å². The van der Waals surface area contributed by atoms with Crippen LogP contribution in [0.5, 0.6) is 0 Å². The average molecular weight is 569 g/mol. The maximum atomic E-state index is 14.2. The molecular formula is C29H34ClFN6O3. The van der Waals surface area contributed by atoms with Crippen LogP contribution in [-0.2, 0) is 22.7 Å². The van der Waals surface area contributed by atoms with E-state index in [1.54, 1.807) is 12.1 Å². The number of rotatable bonds is 11. The van der Waals surface area contributed by atoms with E-state index in [2.05, 4.69) is 15.7 Å². The van der Waals surface area contributed by atoms with Crippen molar-refractivity contribution in [3.8, 4) is 0 Å². The number of fused-ring (bicyclic) bond motifs is 1. The van der Waals surface area contributed by atoms with Crippen LogP contribution in [-0.4, -0.2) is 51.5 Å². The van der Waals surface area contributed by atoms with Gasteiger partial charge in [-0.3, -0.25) is 19.1 Å². The molecule has 2 aliphatic carbocycles. The molecule has 0 radical (unpaired) electrons. The highest BCUT2D eigenvalue weighted by Crippen LogP contribution is 2.29. The van der Waals surface area contributed by atoms with E-state index in [-0.39, 0.29) is 47.9 Å². The lowest BCUT2D eigenvalue weighted by Crippen LogP contribution is -2.43. The number of amides is 3. The number of carbonyl (C=O) groups is 3. The highest BCUT2D eigenvalue weighted by molar-refractivity contribution is 6.30. The molecule has 2 saturated carbocycles. The standard InChI is InChI=1S/C29H34ClFN6O3/c30-23-8-4-7-19(27(23)31)15-34-25(38)16-36(21-10-11-21)26(39)17-37-24-12-9-20(13-22(24)28(35-37)29(32)40)33-14-18-5-2-1-3-6-18/h4,7-9,12-13,18,21,33H,1-3,5-6,10-11,14-17H2,(H2,32,40)(H,34,38). The minimum Gasteiger partial charge on any atom is -0.385 e. The summed E-state index contributed by atoms with van der Waals surface area (Å²) in [6.45, 7) is 0.515. The Labute approximate surface area is 237 Å². The first-order valence-corrected chi connectivity index (χ1v) is 14.2. The number of nitrogens with two attached hydrogens (primary N) is 1. The van der Waals surface area contributed by atoms with Crippen molar-refractivity contribution in [3.05, 3.63) is 58.5 Å². The predicted molar refractivity (Wildman–Crippen MR) is 151 cm³/mol. The average Bonchev–Trinajstić information content (AvgIpc) is 3.73. The van der Waals surface area contributed by atoms with Gasteiger partial charge in [0.1, 0.15) is 12.4 Å². The molecule has 0 bridgehead atoms. The highest BCUT2D eigenvalue weighted by atomic mass is 35.5. The summed E-state index contributed by atoms with van der Waals surface area (Å²) in [5, 5.41) is 11.1. The molecule has 3 amide bonds. The topological polar surface area (TPSA) is 122 Å². The van der Waals surface area contributed by atoms with E-state index in [1.165, 1.54) is 47.8 Å². The summed E-state index contributed by atoms with van der Waals surface area (Å²) in [6.07, 6.45) is 7.85. The zero-order valence-electron chi connectivity index (χ0n) is 22.3. The summed E-state index contributed by atoms with van der Waals surface area (Å²) in [5.74, 6) is -1.33. The third-order valence-electron chi connectivity index (χ3n) is 7.72. The molecule has 2 fully saturated rings. The number of primary amides is 1. The predicted octanol–water partition coefficient (Wildman–Crippen LogP) is 4.23. The highest BCUT2D eigenvalue weighted by Gasteiger charge is 2.34. The van der Waals surface area contributed by atoms with Gasteiger partial charge in [-0.25, -0.2) is 4.39 Å². The Morgan fingerprint density at radius 3 is 2.60 bits per heavy atom. The Balaban J connectivity index is 1.26. The van der Waals surface area contributed by atoms with Gasteiger partial charge in [0.2, 0.25) is 11.8 Å². The second-order valence-electron chi connectivity index (χ2n) is 10.7. The van der Waals surface area contributed by atoms with E-state index in [4.69, 9.17) is 17.3 Å². The second kappa shape index (κ2) is 12.2. The Bertz CT molecular complexity index is 1420. The van der Waals surface area contributed by atoms with Crippen LogP contribution in [0.4, 0.5) is 10.1 Å². The molecule has 4 N–H and O–H groups in total. The van der Waals surface area contributed by atoms with Crippen molar-refractivity contribution >= 4 is 45.9 Å². The maximum absolute atomic E-state index is 14.2. The summed E-state index contributed by atoms with van der Waals surface area (Å²) in [5.41, 5.74) is 7.48. The molecule has 0 unspecified atom stereocenters. The minimum absolute atomic E-state index is 0.0181. The van der Waals surface area contributed by atoms with E-state index in [9.17, 15) is 18.8 Å². The number of nitrogens with zero attached hydrogens (tertiary/aromatic N) is 3. The largest absolute Gasteiger partial charge is 0.385 e. The molecule has 0 saturated heterocycles. The fourth-order valence-electron chi connectivity index (χ4n) is 5.36. The summed E-state index contributed by atoms with van der Waals surface area (Å²) in [4.78, 5) is 39.7. The van der Waals surface area contributed by atoms with Gasteiger partial charge in [0.15, 0.2) is 5.69 Å². The number of hydrogen-bond acceptors (Lipinski definition) is 5. The van der Waals surface area contributed by atoms with Crippen LogP contribution in [0, 0.1) is 11.7 Å².